The molecule has 0 fully saturated rings. The van der Waals surface area contributed by atoms with Crippen molar-refractivity contribution >= 4 is 26.8 Å². The maximum Gasteiger partial charge on any atom is 0.309 e. The number of hydrogen-bond acceptors (Lipinski definition) is 5. The van der Waals surface area contributed by atoms with Crippen LogP contribution in [0.25, 0.3) is 0 Å². The molecule has 1 rings (SSSR count). The molecule has 0 heterocycles. The van der Waals surface area contributed by atoms with Gasteiger partial charge in [0.25, 0.3) is 0 Å². The molecule has 1 N–H and O–H groups in total. The normalized spacial score (nSPS) is 12.9. The summed E-state index contributed by atoms with van der Waals surface area (Å²) in [5.41, 5.74) is 0.683. The minimum absolute atomic E-state index is 0.104. The summed E-state index contributed by atoms with van der Waals surface area (Å²) < 4.78 is 41.9. The summed E-state index contributed by atoms with van der Waals surface area (Å²) in [6.07, 6.45) is 2.20. The number of nitrogens with one attached hydrogen (secondary N) is 1. The summed E-state index contributed by atoms with van der Waals surface area (Å²) >= 11 is 0. The molecule has 6 nitrogen and oxygen atoms in total. The Balaban J connectivity index is 2.62. The summed E-state index contributed by atoms with van der Waals surface area (Å²) in [5, 5.41) is 0. The molecule has 1 aromatic carbocycles. The smallest absolute Gasteiger partial charge is 0.309 e. The highest BCUT2D eigenvalue weighted by Crippen LogP contribution is 2.11. The van der Waals surface area contributed by atoms with Crippen molar-refractivity contribution in [3.8, 4) is 0 Å². The summed E-state index contributed by atoms with van der Waals surface area (Å²) in [6, 6.07) is 6.04. The van der Waals surface area contributed by atoms with Crippen LogP contribution in [-0.4, -0.2) is 44.3 Å². The minimum atomic E-state index is -3.57. The standard InChI is InChI=1S/C13H19NO5S2/c1-19-13(15)10-11-4-6-12(7-5-11)21(17,18)14-8-3-9-20(2)16/h4-7,14H,3,8-10H2,1-2H3. The molecule has 21 heavy (non-hydrogen) atoms. The zero-order valence-corrected chi connectivity index (χ0v) is 13.6. The Morgan fingerprint density at radius 2 is 1.90 bits per heavy atom. The lowest BCUT2D eigenvalue weighted by Gasteiger charge is -2.07. The Morgan fingerprint density at radius 1 is 1.29 bits per heavy atom. The van der Waals surface area contributed by atoms with Gasteiger partial charge in [0.1, 0.15) is 0 Å². The van der Waals surface area contributed by atoms with E-state index in [0.29, 0.717) is 17.7 Å². The molecule has 0 aromatic heterocycles. The molecule has 1 atom stereocenters. The number of sulfonamides is 1. The molecule has 0 spiro atoms. The Morgan fingerprint density at radius 3 is 2.43 bits per heavy atom. The zero-order valence-electron chi connectivity index (χ0n) is 12.0. The lowest BCUT2D eigenvalue weighted by Crippen LogP contribution is -2.25. The summed E-state index contributed by atoms with van der Waals surface area (Å²) in [6.45, 7) is 0.242. The molecule has 0 bridgehead atoms. The molecule has 8 heteroatoms. The SMILES string of the molecule is COC(=O)Cc1ccc(S(=O)(=O)NCCCS(C)=O)cc1. The van der Waals surface area contributed by atoms with E-state index < -0.39 is 20.8 Å². The van der Waals surface area contributed by atoms with Gasteiger partial charge >= 0.3 is 5.97 Å². The molecular weight excluding hydrogens is 314 g/mol. The van der Waals surface area contributed by atoms with E-state index in [9.17, 15) is 17.4 Å². The highest BCUT2D eigenvalue weighted by Gasteiger charge is 2.13. The Hall–Kier alpha value is -1.25. The lowest BCUT2D eigenvalue weighted by molar-refractivity contribution is -0.139. The number of carbonyl (C=O) groups is 1. The zero-order chi connectivity index (χ0) is 15.9. The minimum Gasteiger partial charge on any atom is -0.469 e. The van der Waals surface area contributed by atoms with Gasteiger partial charge in [0, 0.05) is 29.4 Å². The van der Waals surface area contributed by atoms with Crippen LogP contribution in [0.4, 0.5) is 0 Å². The second kappa shape index (κ2) is 8.26. The predicted octanol–water partition coefficient (Wildman–Crippen LogP) is 0.449. The molecule has 118 valence electrons. The van der Waals surface area contributed by atoms with Crippen molar-refractivity contribution in [1.82, 2.24) is 4.72 Å². The molecule has 1 unspecified atom stereocenters. The lowest BCUT2D eigenvalue weighted by atomic mass is 10.2. The van der Waals surface area contributed by atoms with Crippen LogP contribution < -0.4 is 4.72 Å². The van der Waals surface area contributed by atoms with Crippen LogP contribution >= 0.6 is 0 Å². The predicted molar refractivity (Wildman–Crippen MR) is 80.9 cm³/mol. The van der Waals surface area contributed by atoms with Crippen molar-refractivity contribution in [1.29, 1.82) is 0 Å². The average Bonchev–Trinajstić information content (AvgIpc) is 2.44. The van der Waals surface area contributed by atoms with Crippen molar-refractivity contribution in [3.63, 3.8) is 0 Å². The van der Waals surface area contributed by atoms with E-state index in [1.54, 1.807) is 18.4 Å². The van der Waals surface area contributed by atoms with Crippen molar-refractivity contribution in [3.05, 3.63) is 29.8 Å². The largest absolute Gasteiger partial charge is 0.469 e. The number of ether oxygens (including phenoxy) is 1. The van der Waals surface area contributed by atoms with E-state index in [4.69, 9.17) is 0 Å². The van der Waals surface area contributed by atoms with E-state index in [0.717, 1.165) is 0 Å². The van der Waals surface area contributed by atoms with Crippen LogP contribution in [0.2, 0.25) is 0 Å². The molecule has 0 radical (unpaired) electrons. The third-order valence-corrected chi connectivity index (χ3v) is 5.05. The van der Waals surface area contributed by atoms with E-state index in [1.165, 1.54) is 19.2 Å². The highest BCUT2D eigenvalue weighted by atomic mass is 32.2. The molecule has 1 aromatic rings. The summed E-state index contributed by atoms with van der Waals surface area (Å²) in [4.78, 5) is 11.2. The third-order valence-electron chi connectivity index (χ3n) is 2.71. The van der Waals surface area contributed by atoms with Gasteiger partial charge in [-0.25, -0.2) is 13.1 Å². The Kier molecular flexibility index (Phi) is 7.00. The maximum atomic E-state index is 12.0. The van der Waals surface area contributed by atoms with E-state index in [2.05, 4.69) is 9.46 Å². The molecule has 0 amide bonds. The van der Waals surface area contributed by atoms with Gasteiger partial charge < -0.3 is 4.74 Å². The van der Waals surface area contributed by atoms with E-state index in [-0.39, 0.29) is 23.8 Å². The van der Waals surface area contributed by atoms with Crippen molar-refractivity contribution in [2.24, 2.45) is 0 Å². The van der Waals surface area contributed by atoms with Crippen molar-refractivity contribution in [2.45, 2.75) is 17.7 Å². The monoisotopic (exact) mass is 333 g/mol. The van der Waals surface area contributed by atoms with Gasteiger partial charge in [-0.15, -0.1) is 0 Å². The summed E-state index contributed by atoms with van der Waals surface area (Å²) in [5.74, 6) is 0.0805. The number of rotatable bonds is 8. The van der Waals surface area contributed by atoms with Gasteiger partial charge in [-0.05, 0) is 24.1 Å². The average molecular weight is 333 g/mol. The van der Waals surface area contributed by atoms with Crippen molar-refractivity contribution < 1.29 is 22.2 Å². The van der Waals surface area contributed by atoms with Gasteiger partial charge in [0.05, 0.1) is 18.4 Å². The van der Waals surface area contributed by atoms with Gasteiger partial charge in [-0.2, -0.15) is 0 Å². The maximum absolute atomic E-state index is 12.0. The number of benzene rings is 1. The molecule has 0 aliphatic carbocycles. The summed E-state index contributed by atoms with van der Waals surface area (Å²) in [7, 11) is -3.20. The topological polar surface area (TPSA) is 89.5 Å². The van der Waals surface area contributed by atoms with Crippen LogP contribution in [0.15, 0.2) is 29.2 Å². The van der Waals surface area contributed by atoms with Gasteiger partial charge in [0.2, 0.25) is 10.0 Å². The van der Waals surface area contributed by atoms with E-state index >= 15 is 0 Å². The fraction of sp³-hybridized carbons (Fsp3) is 0.462. The fourth-order valence-corrected chi connectivity index (χ4v) is 3.22. The number of methoxy groups -OCH3 is 1. The molecule has 0 aliphatic heterocycles. The fourth-order valence-electron chi connectivity index (χ4n) is 1.59. The second-order valence-electron chi connectivity index (χ2n) is 4.43. The van der Waals surface area contributed by atoms with Gasteiger partial charge in [-0.1, -0.05) is 12.1 Å². The molecular formula is C13H19NO5S2. The van der Waals surface area contributed by atoms with Crippen LogP contribution in [0, 0.1) is 0 Å². The number of hydrogen-bond donors (Lipinski definition) is 1. The van der Waals surface area contributed by atoms with Gasteiger partial charge in [0.15, 0.2) is 0 Å². The first-order valence-corrected chi connectivity index (χ1v) is 9.51. The molecule has 0 aliphatic rings. The van der Waals surface area contributed by atoms with Crippen LogP contribution in [0.1, 0.15) is 12.0 Å². The first kappa shape index (κ1) is 17.8. The first-order chi connectivity index (χ1) is 9.85. The highest BCUT2D eigenvalue weighted by molar-refractivity contribution is 7.89. The number of esters is 1. The first-order valence-electron chi connectivity index (χ1n) is 6.30. The van der Waals surface area contributed by atoms with Gasteiger partial charge in [-0.3, -0.25) is 9.00 Å². The Bertz CT molecular complexity index is 595. The van der Waals surface area contributed by atoms with E-state index in [1.807, 2.05) is 0 Å². The number of carbonyl (C=O) groups excluding carboxylic acids is 1. The third kappa shape index (κ3) is 6.36. The van der Waals surface area contributed by atoms with Crippen LogP contribution in [0.3, 0.4) is 0 Å². The quantitative estimate of drug-likeness (QED) is 0.551. The van der Waals surface area contributed by atoms with Crippen LogP contribution in [-0.2, 0) is 36.8 Å². The van der Waals surface area contributed by atoms with Crippen LogP contribution in [0.5, 0.6) is 0 Å². The molecule has 0 saturated carbocycles. The second-order valence-corrected chi connectivity index (χ2v) is 7.75. The van der Waals surface area contributed by atoms with Crippen molar-refractivity contribution in [2.75, 3.05) is 25.7 Å². The molecule has 0 saturated heterocycles. The Labute approximate surface area is 127 Å².